The molecule has 2 N–H and O–H groups in total. The monoisotopic (exact) mass is 355 g/mol. The second-order valence-corrected chi connectivity index (χ2v) is 8.80. The highest BCUT2D eigenvalue weighted by atomic mass is 16.4. The predicted molar refractivity (Wildman–Crippen MR) is 99.7 cm³/mol. The second kappa shape index (κ2) is 9.02. The van der Waals surface area contributed by atoms with Crippen LogP contribution >= 0.6 is 0 Å². The van der Waals surface area contributed by atoms with Gasteiger partial charge >= 0.3 is 11.9 Å². The fraction of sp³-hybridized carbons (Fsp3) is 0.900. The normalized spacial score (nSPS) is 24.0. The number of likely N-dealkylation sites (tertiary alicyclic amines) is 1. The van der Waals surface area contributed by atoms with Crippen LogP contribution in [0.25, 0.3) is 0 Å². The van der Waals surface area contributed by atoms with Crippen molar-refractivity contribution in [3.63, 3.8) is 0 Å². The molecule has 1 aliphatic rings. The topological polar surface area (TPSA) is 77.8 Å². The number of unbranched alkanes of at least 4 members (excludes halogenated alkanes) is 3. The molecule has 0 aromatic rings. The quantitative estimate of drug-likeness (QED) is 0.573. The van der Waals surface area contributed by atoms with Gasteiger partial charge in [-0.1, -0.05) is 33.1 Å². The van der Waals surface area contributed by atoms with Gasteiger partial charge in [0.15, 0.2) is 0 Å². The number of carboxylic acid groups (broad SMARTS) is 2. The van der Waals surface area contributed by atoms with Crippen molar-refractivity contribution >= 4 is 11.9 Å². The Labute approximate surface area is 152 Å². The molecule has 1 aliphatic heterocycles. The summed E-state index contributed by atoms with van der Waals surface area (Å²) in [5.74, 6) is -0.851. The van der Waals surface area contributed by atoms with E-state index in [9.17, 15) is 14.7 Å². The first-order chi connectivity index (χ1) is 11.5. The van der Waals surface area contributed by atoms with E-state index in [0.717, 1.165) is 38.6 Å². The average molecular weight is 356 g/mol. The third-order valence-electron chi connectivity index (χ3n) is 6.96. The molecule has 0 aromatic heterocycles. The van der Waals surface area contributed by atoms with Gasteiger partial charge in [0.25, 0.3) is 0 Å². The van der Waals surface area contributed by atoms with E-state index >= 15 is 0 Å². The Morgan fingerprint density at radius 3 is 2.20 bits per heavy atom. The van der Waals surface area contributed by atoms with E-state index < -0.39 is 11.9 Å². The number of nitrogens with zero attached hydrogens (tertiary/aromatic N) is 1. The third-order valence-corrected chi connectivity index (χ3v) is 6.96. The van der Waals surface area contributed by atoms with Gasteiger partial charge in [-0.2, -0.15) is 0 Å². The molecule has 5 heteroatoms. The molecule has 0 aromatic carbocycles. The number of carbonyl (C=O) groups is 2. The van der Waals surface area contributed by atoms with Crippen molar-refractivity contribution in [3.8, 4) is 0 Å². The van der Waals surface area contributed by atoms with E-state index in [1.165, 1.54) is 0 Å². The zero-order valence-electron chi connectivity index (χ0n) is 16.7. The lowest BCUT2D eigenvalue weighted by Crippen LogP contribution is -2.61. The smallest absolute Gasteiger partial charge is 0.303 e. The summed E-state index contributed by atoms with van der Waals surface area (Å²) in [6.45, 7) is 10.1. The summed E-state index contributed by atoms with van der Waals surface area (Å²) in [5, 5.41) is 18.1. The molecule has 2 unspecified atom stereocenters. The molecular formula is C20H37NO4. The fourth-order valence-electron chi connectivity index (χ4n) is 4.45. The van der Waals surface area contributed by atoms with Gasteiger partial charge in [-0.05, 0) is 64.0 Å². The fourth-order valence-corrected chi connectivity index (χ4v) is 4.45. The summed E-state index contributed by atoms with van der Waals surface area (Å²) in [7, 11) is 2.16. The summed E-state index contributed by atoms with van der Waals surface area (Å²) < 4.78 is 0. The lowest BCUT2D eigenvalue weighted by molar-refractivity contribution is -0.141. The van der Waals surface area contributed by atoms with Crippen LogP contribution in [-0.4, -0.2) is 46.2 Å². The van der Waals surface area contributed by atoms with Crippen molar-refractivity contribution in [2.24, 2.45) is 17.3 Å². The Hall–Kier alpha value is -1.10. The van der Waals surface area contributed by atoms with Gasteiger partial charge in [-0.25, -0.2) is 0 Å². The summed E-state index contributed by atoms with van der Waals surface area (Å²) in [5.41, 5.74) is 0.0809. The first-order valence-electron chi connectivity index (χ1n) is 9.65. The largest absolute Gasteiger partial charge is 0.481 e. The van der Waals surface area contributed by atoms with Gasteiger partial charge in [0.2, 0.25) is 0 Å². The Morgan fingerprint density at radius 2 is 1.64 bits per heavy atom. The molecule has 1 rings (SSSR count). The SMILES string of the molecule is CN1CCC(C(CCCCCCC(=O)O)CC(=O)O)C(C)(C)C1(C)C. The van der Waals surface area contributed by atoms with Gasteiger partial charge in [-0.3, -0.25) is 9.59 Å². The minimum Gasteiger partial charge on any atom is -0.481 e. The summed E-state index contributed by atoms with van der Waals surface area (Å²) in [4.78, 5) is 24.4. The molecule has 0 bridgehead atoms. The number of hydrogen-bond donors (Lipinski definition) is 2. The Morgan fingerprint density at radius 1 is 1.04 bits per heavy atom. The Kier molecular flexibility index (Phi) is 7.91. The van der Waals surface area contributed by atoms with Gasteiger partial charge in [-0.15, -0.1) is 0 Å². The molecular weight excluding hydrogens is 318 g/mol. The van der Waals surface area contributed by atoms with Crippen molar-refractivity contribution in [3.05, 3.63) is 0 Å². The van der Waals surface area contributed by atoms with Crippen LogP contribution in [0.3, 0.4) is 0 Å². The van der Waals surface area contributed by atoms with Crippen LogP contribution in [-0.2, 0) is 9.59 Å². The molecule has 1 fully saturated rings. The van der Waals surface area contributed by atoms with Gasteiger partial charge < -0.3 is 15.1 Å². The van der Waals surface area contributed by atoms with Crippen molar-refractivity contribution < 1.29 is 19.8 Å². The van der Waals surface area contributed by atoms with Crippen molar-refractivity contribution in [2.75, 3.05) is 13.6 Å². The van der Waals surface area contributed by atoms with Crippen LogP contribution in [0.4, 0.5) is 0 Å². The van der Waals surface area contributed by atoms with Crippen LogP contribution in [0.2, 0.25) is 0 Å². The lowest BCUT2D eigenvalue weighted by Gasteiger charge is -2.58. The van der Waals surface area contributed by atoms with Gasteiger partial charge in [0, 0.05) is 18.4 Å². The number of piperidine rings is 1. The molecule has 5 nitrogen and oxygen atoms in total. The molecule has 0 saturated carbocycles. The molecule has 0 spiro atoms. The number of carboxylic acids is 2. The van der Waals surface area contributed by atoms with Crippen molar-refractivity contribution in [1.82, 2.24) is 4.90 Å². The minimum absolute atomic E-state index is 0.0359. The van der Waals surface area contributed by atoms with E-state index in [0.29, 0.717) is 12.3 Å². The summed E-state index contributed by atoms with van der Waals surface area (Å²) >= 11 is 0. The van der Waals surface area contributed by atoms with Crippen LogP contribution in [0.15, 0.2) is 0 Å². The molecule has 0 aliphatic carbocycles. The zero-order chi connectivity index (χ0) is 19.3. The van der Waals surface area contributed by atoms with Crippen LogP contribution in [0.1, 0.15) is 79.1 Å². The third kappa shape index (κ3) is 5.70. The highest BCUT2D eigenvalue weighted by Gasteiger charge is 2.50. The maximum atomic E-state index is 11.4. The molecule has 2 atom stereocenters. The second-order valence-electron chi connectivity index (χ2n) is 8.80. The van der Waals surface area contributed by atoms with E-state index in [4.69, 9.17) is 5.11 Å². The summed E-state index contributed by atoms with van der Waals surface area (Å²) in [6.07, 6.45) is 6.04. The van der Waals surface area contributed by atoms with Crippen LogP contribution in [0, 0.1) is 17.3 Å². The summed E-state index contributed by atoms with van der Waals surface area (Å²) in [6, 6.07) is 0. The zero-order valence-corrected chi connectivity index (χ0v) is 16.7. The molecule has 146 valence electrons. The van der Waals surface area contributed by atoms with E-state index in [-0.39, 0.29) is 29.7 Å². The maximum Gasteiger partial charge on any atom is 0.303 e. The van der Waals surface area contributed by atoms with E-state index in [1.807, 2.05) is 0 Å². The van der Waals surface area contributed by atoms with Crippen LogP contribution in [0.5, 0.6) is 0 Å². The molecule has 25 heavy (non-hydrogen) atoms. The molecule has 1 heterocycles. The van der Waals surface area contributed by atoms with Crippen molar-refractivity contribution in [2.45, 2.75) is 84.6 Å². The van der Waals surface area contributed by atoms with Gasteiger partial charge in [0.05, 0.1) is 0 Å². The highest BCUT2D eigenvalue weighted by Crippen LogP contribution is 2.51. The first kappa shape index (κ1) is 21.9. The lowest BCUT2D eigenvalue weighted by atomic mass is 9.57. The Balaban J connectivity index is 2.68. The van der Waals surface area contributed by atoms with Crippen LogP contribution < -0.4 is 0 Å². The molecule has 0 amide bonds. The maximum absolute atomic E-state index is 11.4. The minimum atomic E-state index is -0.737. The number of aliphatic carboxylic acids is 2. The number of rotatable bonds is 10. The average Bonchev–Trinajstić information content (AvgIpc) is 2.47. The highest BCUT2D eigenvalue weighted by molar-refractivity contribution is 5.67. The Bertz CT molecular complexity index is 459. The molecule has 1 saturated heterocycles. The van der Waals surface area contributed by atoms with Gasteiger partial charge in [0.1, 0.15) is 0 Å². The van der Waals surface area contributed by atoms with E-state index in [2.05, 4.69) is 39.6 Å². The first-order valence-corrected chi connectivity index (χ1v) is 9.65. The standard InChI is InChI=1S/C20H37NO4/c1-19(2)16(12-13-21(5)20(19,3)4)15(14-18(24)25)10-8-6-7-9-11-17(22)23/h15-16H,6-14H2,1-5H3,(H,22,23)(H,24,25). The molecule has 0 radical (unpaired) electrons. The predicted octanol–water partition coefficient (Wildman–Crippen LogP) is 4.26. The van der Waals surface area contributed by atoms with E-state index in [1.54, 1.807) is 0 Å². The number of hydrogen-bond acceptors (Lipinski definition) is 3. The van der Waals surface area contributed by atoms with Crippen molar-refractivity contribution in [1.29, 1.82) is 0 Å².